The van der Waals surface area contributed by atoms with Gasteiger partial charge in [-0.25, -0.2) is 0 Å². The molecule has 2 N–H and O–H groups in total. The Hall–Kier alpha value is -0.530. The van der Waals surface area contributed by atoms with E-state index in [1.807, 2.05) is 18.2 Å². The molecular formula is C18H32ClIN4. The SMILES string of the molecule is CN=C(NCCCCCCCN(C)C)NCc1cccc(Cl)c1.I. The number of guanidine groups is 1. The summed E-state index contributed by atoms with van der Waals surface area (Å²) in [7, 11) is 6.06. The van der Waals surface area contributed by atoms with E-state index in [9.17, 15) is 0 Å². The molecule has 0 radical (unpaired) electrons. The first-order chi connectivity index (χ1) is 11.1. The van der Waals surface area contributed by atoms with Gasteiger partial charge >= 0.3 is 0 Å². The van der Waals surface area contributed by atoms with Crippen LogP contribution in [0.5, 0.6) is 0 Å². The number of rotatable bonds is 10. The first kappa shape index (κ1) is 23.5. The minimum atomic E-state index is 0. The Kier molecular flexibility index (Phi) is 14.5. The molecule has 0 fully saturated rings. The Balaban J connectivity index is 0.00000529. The van der Waals surface area contributed by atoms with Crippen molar-refractivity contribution in [3.05, 3.63) is 34.9 Å². The zero-order chi connectivity index (χ0) is 16.9. The molecule has 0 heterocycles. The van der Waals surface area contributed by atoms with Crippen molar-refractivity contribution in [1.29, 1.82) is 0 Å². The average molecular weight is 467 g/mol. The van der Waals surface area contributed by atoms with Crippen molar-refractivity contribution in [3.8, 4) is 0 Å². The highest BCUT2D eigenvalue weighted by atomic mass is 127. The van der Waals surface area contributed by atoms with Crippen LogP contribution in [-0.2, 0) is 6.54 Å². The van der Waals surface area contributed by atoms with Crippen LogP contribution < -0.4 is 10.6 Å². The van der Waals surface area contributed by atoms with E-state index >= 15 is 0 Å². The third-order valence-corrected chi connectivity index (χ3v) is 3.88. The number of nitrogens with one attached hydrogen (secondary N) is 2. The summed E-state index contributed by atoms with van der Waals surface area (Å²) in [6.07, 6.45) is 6.37. The van der Waals surface area contributed by atoms with E-state index in [0.717, 1.165) is 29.6 Å². The number of aliphatic imine (C=N–C) groups is 1. The molecule has 6 heteroatoms. The van der Waals surface area contributed by atoms with Crippen LogP contribution in [0.1, 0.15) is 37.7 Å². The molecule has 138 valence electrons. The maximum absolute atomic E-state index is 5.99. The normalized spacial score (nSPS) is 11.3. The Morgan fingerprint density at radius 2 is 1.79 bits per heavy atom. The molecule has 0 bridgehead atoms. The summed E-state index contributed by atoms with van der Waals surface area (Å²) in [6.45, 7) is 2.88. The molecule has 0 aliphatic rings. The van der Waals surface area contributed by atoms with Gasteiger partial charge in [-0.05, 0) is 51.2 Å². The van der Waals surface area contributed by atoms with Gasteiger partial charge in [0.2, 0.25) is 0 Å². The maximum Gasteiger partial charge on any atom is 0.191 e. The Morgan fingerprint density at radius 3 is 2.46 bits per heavy atom. The lowest BCUT2D eigenvalue weighted by Crippen LogP contribution is -2.37. The molecule has 0 spiro atoms. The first-order valence-corrected chi connectivity index (χ1v) is 8.83. The molecule has 4 nitrogen and oxygen atoms in total. The number of unbranched alkanes of at least 4 members (excludes halogenated alkanes) is 4. The molecular weight excluding hydrogens is 435 g/mol. The van der Waals surface area contributed by atoms with E-state index in [1.54, 1.807) is 7.05 Å². The molecule has 0 aliphatic carbocycles. The van der Waals surface area contributed by atoms with Gasteiger partial charge in [0.1, 0.15) is 0 Å². The van der Waals surface area contributed by atoms with Gasteiger partial charge in [0, 0.05) is 25.2 Å². The zero-order valence-corrected chi connectivity index (χ0v) is 18.2. The van der Waals surface area contributed by atoms with Crippen molar-refractivity contribution in [3.63, 3.8) is 0 Å². The fraction of sp³-hybridized carbons (Fsp3) is 0.611. The molecule has 0 saturated carbocycles. The van der Waals surface area contributed by atoms with Crippen LogP contribution in [0.25, 0.3) is 0 Å². The van der Waals surface area contributed by atoms with Crippen molar-refractivity contribution < 1.29 is 0 Å². The number of hydrogen-bond acceptors (Lipinski definition) is 2. The first-order valence-electron chi connectivity index (χ1n) is 8.45. The smallest absolute Gasteiger partial charge is 0.191 e. The topological polar surface area (TPSA) is 39.7 Å². The van der Waals surface area contributed by atoms with Crippen molar-refractivity contribution in [2.75, 3.05) is 34.2 Å². The highest BCUT2D eigenvalue weighted by Crippen LogP contribution is 2.10. The predicted octanol–water partition coefficient (Wildman–Crippen LogP) is 4.14. The standard InChI is InChI=1S/C18H31ClN4.HI/c1-20-18(22-15-16-10-9-11-17(19)14-16)21-12-7-5-4-6-8-13-23(2)3;/h9-11,14H,4-8,12-13,15H2,1-3H3,(H2,20,21,22);1H. The second-order valence-corrected chi connectivity index (χ2v) is 6.49. The molecule has 0 unspecified atom stereocenters. The van der Waals surface area contributed by atoms with Crippen LogP contribution in [0.15, 0.2) is 29.3 Å². The van der Waals surface area contributed by atoms with Crippen LogP contribution in [-0.4, -0.2) is 45.1 Å². The van der Waals surface area contributed by atoms with E-state index in [-0.39, 0.29) is 24.0 Å². The summed E-state index contributed by atoms with van der Waals surface area (Å²) < 4.78 is 0. The Labute approximate surface area is 169 Å². The molecule has 1 aromatic carbocycles. The average Bonchev–Trinajstić information content (AvgIpc) is 2.52. The predicted molar refractivity (Wildman–Crippen MR) is 117 cm³/mol. The Morgan fingerprint density at radius 1 is 1.08 bits per heavy atom. The highest BCUT2D eigenvalue weighted by Gasteiger charge is 1.99. The Bertz CT molecular complexity index is 466. The fourth-order valence-corrected chi connectivity index (χ4v) is 2.56. The molecule has 0 amide bonds. The lowest BCUT2D eigenvalue weighted by atomic mass is 10.1. The minimum Gasteiger partial charge on any atom is -0.356 e. The van der Waals surface area contributed by atoms with Gasteiger partial charge < -0.3 is 15.5 Å². The van der Waals surface area contributed by atoms with E-state index in [0.29, 0.717) is 0 Å². The van der Waals surface area contributed by atoms with Crippen molar-refractivity contribution in [2.24, 2.45) is 4.99 Å². The van der Waals surface area contributed by atoms with E-state index in [4.69, 9.17) is 11.6 Å². The number of halogens is 2. The second kappa shape index (κ2) is 14.8. The van der Waals surface area contributed by atoms with Crippen molar-refractivity contribution in [1.82, 2.24) is 15.5 Å². The van der Waals surface area contributed by atoms with Gasteiger partial charge in [-0.3, -0.25) is 4.99 Å². The summed E-state index contributed by atoms with van der Waals surface area (Å²) >= 11 is 5.99. The monoisotopic (exact) mass is 466 g/mol. The minimum absolute atomic E-state index is 0. The van der Waals surface area contributed by atoms with Crippen LogP contribution >= 0.6 is 35.6 Å². The highest BCUT2D eigenvalue weighted by molar-refractivity contribution is 14.0. The van der Waals surface area contributed by atoms with Gasteiger partial charge in [0.15, 0.2) is 5.96 Å². The van der Waals surface area contributed by atoms with Gasteiger partial charge in [-0.15, -0.1) is 24.0 Å². The summed E-state index contributed by atoms with van der Waals surface area (Å²) in [5.41, 5.74) is 1.15. The summed E-state index contributed by atoms with van der Waals surface area (Å²) in [5, 5.41) is 7.44. The molecule has 24 heavy (non-hydrogen) atoms. The second-order valence-electron chi connectivity index (χ2n) is 6.05. The molecule has 0 aliphatic heterocycles. The van der Waals surface area contributed by atoms with Crippen LogP contribution in [0.4, 0.5) is 0 Å². The van der Waals surface area contributed by atoms with Gasteiger partial charge in [-0.2, -0.15) is 0 Å². The van der Waals surface area contributed by atoms with Crippen molar-refractivity contribution in [2.45, 2.75) is 38.6 Å². The number of hydrogen-bond donors (Lipinski definition) is 2. The zero-order valence-electron chi connectivity index (χ0n) is 15.1. The van der Waals surface area contributed by atoms with Gasteiger partial charge in [0.05, 0.1) is 0 Å². The lowest BCUT2D eigenvalue weighted by Gasteiger charge is -2.12. The molecule has 0 saturated heterocycles. The lowest BCUT2D eigenvalue weighted by molar-refractivity contribution is 0.389. The van der Waals surface area contributed by atoms with Gasteiger partial charge in [0.25, 0.3) is 0 Å². The van der Waals surface area contributed by atoms with E-state index < -0.39 is 0 Å². The quantitative estimate of drug-likeness (QED) is 0.236. The molecule has 1 aromatic rings. The van der Waals surface area contributed by atoms with Gasteiger partial charge in [-0.1, -0.05) is 43.0 Å². The summed E-state index contributed by atoms with van der Waals surface area (Å²) in [4.78, 5) is 6.50. The largest absolute Gasteiger partial charge is 0.356 e. The number of nitrogens with zero attached hydrogens (tertiary/aromatic N) is 2. The summed E-state index contributed by atoms with van der Waals surface area (Å²) in [5.74, 6) is 0.845. The van der Waals surface area contributed by atoms with E-state index in [2.05, 4.69) is 40.7 Å². The van der Waals surface area contributed by atoms with Crippen LogP contribution in [0.3, 0.4) is 0 Å². The van der Waals surface area contributed by atoms with Crippen LogP contribution in [0, 0.1) is 0 Å². The van der Waals surface area contributed by atoms with E-state index in [1.165, 1.54) is 38.6 Å². The molecule has 0 aromatic heterocycles. The molecule has 1 rings (SSSR count). The molecule has 0 atom stereocenters. The fourth-order valence-electron chi connectivity index (χ4n) is 2.34. The number of benzene rings is 1. The van der Waals surface area contributed by atoms with Crippen molar-refractivity contribution >= 4 is 41.5 Å². The third kappa shape index (κ3) is 11.9. The van der Waals surface area contributed by atoms with Crippen LogP contribution in [0.2, 0.25) is 5.02 Å². The third-order valence-electron chi connectivity index (χ3n) is 3.65. The maximum atomic E-state index is 5.99. The summed E-state index contributed by atoms with van der Waals surface area (Å²) in [6, 6.07) is 7.87.